The maximum atomic E-state index is 13.5. The molecule has 104 valence electrons. The largest absolute Gasteiger partial charge is 0.322 e. The van der Waals surface area contributed by atoms with Gasteiger partial charge in [-0.1, -0.05) is 38.1 Å². The Bertz CT molecular complexity index is 640. The summed E-state index contributed by atoms with van der Waals surface area (Å²) in [4.78, 5) is 12.3. The summed E-state index contributed by atoms with van der Waals surface area (Å²) in [5.41, 5.74) is 2.08. The fourth-order valence-corrected chi connectivity index (χ4v) is 2.43. The predicted molar refractivity (Wildman–Crippen MR) is 82.6 cm³/mol. The van der Waals surface area contributed by atoms with Gasteiger partial charge < -0.3 is 5.32 Å². The van der Waals surface area contributed by atoms with E-state index in [-0.39, 0.29) is 15.9 Å². The standard InChI is InChI=1S/C16H15BrFNO/c1-10(2)11-6-3-4-9-14(11)19-16(20)12-7-5-8-13(18)15(12)17/h3-10H,1-2H3,(H,19,20). The third kappa shape index (κ3) is 3.07. The van der Waals surface area contributed by atoms with Gasteiger partial charge in [0.15, 0.2) is 0 Å². The molecule has 0 radical (unpaired) electrons. The number of nitrogens with one attached hydrogen (secondary N) is 1. The van der Waals surface area contributed by atoms with Crippen molar-refractivity contribution in [2.45, 2.75) is 19.8 Å². The Morgan fingerprint density at radius 1 is 1.15 bits per heavy atom. The van der Waals surface area contributed by atoms with Crippen molar-refractivity contribution in [2.75, 3.05) is 5.32 Å². The Labute approximate surface area is 126 Å². The van der Waals surface area contributed by atoms with Crippen LogP contribution in [0.1, 0.15) is 35.7 Å². The lowest BCUT2D eigenvalue weighted by molar-refractivity contribution is 0.102. The minimum Gasteiger partial charge on any atom is -0.322 e. The Morgan fingerprint density at radius 3 is 2.55 bits per heavy atom. The van der Waals surface area contributed by atoms with Gasteiger partial charge in [-0.05, 0) is 45.6 Å². The SMILES string of the molecule is CC(C)c1ccccc1NC(=O)c1cccc(F)c1Br. The number of para-hydroxylation sites is 1. The van der Waals surface area contributed by atoms with Gasteiger partial charge >= 0.3 is 0 Å². The molecule has 0 aliphatic heterocycles. The lowest BCUT2D eigenvalue weighted by Gasteiger charge is -2.14. The molecule has 0 aliphatic rings. The number of amides is 1. The summed E-state index contributed by atoms with van der Waals surface area (Å²) in [5, 5.41) is 2.84. The predicted octanol–water partition coefficient (Wildman–Crippen LogP) is 4.96. The highest BCUT2D eigenvalue weighted by Gasteiger charge is 2.15. The molecule has 0 fully saturated rings. The first-order valence-corrected chi connectivity index (χ1v) is 7.14. The molecule has 0 saturated carbocycles. The van der Waals surface area contributed by atoms with Gasteiger partial charge in [-0.15, -0.1) is 0 Å². The molecule has 0 bridgehead atoms. The summed E-state index contributed by atoms with van der Waals surface area (Å²) in [7, 11) is 0. The molecular weight excluding hydrogens is 321 g/mol. The van der Waals surface area contributed by atoms with E-state index >= 15 is 0 Å². The molecule has 2 aromatic carbocycles. The molecule has 4 heteroatoms. The van der Waals surface area contributed by atoms with Crippen LogP contribution in [-0.4, -0.2) is 5.91 Å². The van der Waals surface area contributed by atoms with Crippen molar-refractivity contribution < 1.29 is 9.18 Å². The van der Waals surface area contributed by atoms with E-state index in [1.165, 1.54) is 12.1 Å². The van der Waals surface area contributed by atoms with Crippen LogP contribution in [0.3, 0.4) is 0 Å². The van der Waals surface area contributed by atoms with Crippen LogP contribution in [-0.2, 0) is 0 Å². The Balaban J connectivity index is 2.31. The molecule has 2 rings (SSSR count). The number of hydrogen-bond acceptors (Lipinski definition) is 1. The number of benzene rings is 2. The molecule has 0 atom stereocenters. The van der Waals surface area contributed by atoms with E-state index in [9.17, 15) is 9.18 Å². The Hall–Kier alpha value is -1.68. The second kappa shape index (κ2) is 6.18. The van der Waals surface area contributed by atoms with Gasteiger partial charge in [0, 0.05) is 5.69 Å². The average molecular weight is 336 g/mol. The van der Waals surface area contributed by atoms with E-state index < -0.39 is 5.82 Å². The van der Waals surface area contributed by atoms with Crippen LogP contribution in [0.2, 0.25) is 0 Å². The second-order valence-electron chi connectivity index (χ2n) is 4.80. The van der Waals surface area contributed by atoms with Gasteiger partial charge in [0.2, 0.25) is 0 Å². The van der Waals surface area contributed by atoms with Crippen LogP contribution in [0.25, 0.3) is 0 Å². The van der Waals surface area contributed by atoms with Gasteiger partial charge in [-0.25, -0.2) is 4.39 Å². The number of anilines is 1. The number of rotatable bonds is 3. The zero-order valence-corrected chi connectivity index (χ0v) is 12.9. The lowest BCUT2D eigenvalue weighted by Crippen LogP contribution is -2.14. The molecule has 0 aromatic heterocycles. The fourth-order valence-electron chi connectivity index (χ4n) is 1.98. The number of hydrogen-bond donors (Lipinski definition) is 1. The van der Waals surface area contributed by atoms with Crippen molar-refractivity contribution >= 4 is 27.5 Å². The quantitative estimate of drug-likeness (QED) is 0.843. The van der Waals surface area contributed by atoms with Gasteiger partial charge in [-0.2, -0.15) is 0 Å². The van der Waals surface area contributed by atoms with E-state index in [1.807, 2.05) is 24.3 Å². The van der Waals surface area contributed by atoms with E-state index in [0.29, 0.717) is 5.92 Å². The summed E-state index contributed by atoms with van der Waals surface area (Å²) in [6.07, 6.45) is 0. The summed E-state index contributed by atoms with van der Waals surface area (Å²) in [6, 6.07) is 12.0. The smallest absolute Gasteiger partial charge is 0.256 e. The third-order valence-corrected chi connectivity index (χ3v) is 3.83. The van der Waals surface area contributed by atoms with E-state index in [4.69, 9.17) is 0 Å². The monoisotopic (exact) mass is 335 g/mol. The zero-order chi connectivity index (χ0) is 14.7. The molecule has 1 N–H and O–H groups in total. The van der Waals surface area contributed by atoms with Crippen molar-refractivity contribution in [3.63, 3.8) is 0 Å². The minimum absolute atomic E-state index is 0.180. The summed E-state index contributed by atoms with van der Waals surface area (Å²) in [6.45, 7) is 4.12. The maximum absolute atomic E-state index is 13.5. The first kappa shape index (κ1) is 14.7. The molecule has 2 nitrogen and oxygen atoms in total. The summed E-state index contributed by atoms with van der Waals surface area (Å²) in [5.74, 6) is -0.485. The molecule has 0 unspecified atom stereocenters. The normalized spacial score (nSPS) is 10.7. The van der Waals surface area contributed by atoms with Crippen LogP contribution in [0.4, 0.5) is 10.1 Å². The molecular formula is C16H15BrFNO. The van der Waals surface area contributed by atoms with E-state index in [0.717, 1.165) is 11.3 Å². The van der Waals surface area contributed by atoms with Crippen LogP contribution >= 0.6 is 15.9 Å². The van der Waals surface area contributed by atoms with Crippen molar-refractivity contribution in [1.82, 2.24) is 0 Å². The average Bonchev–Trinajstić information content (AvgIpc) is 2.42. The van der Waals surface area contributed by atoms with E-state index in [2.05, 4.69) is 35.1 Å². The first-order chi connectivity index (χ1) is 9.50. The van der Waals surface area contributed by atoms with Gasteiger partial charge in [0.1, 0.15) is 5.82 Å². The Morgan fingerprint density at radius 2 is 1.85 bits per heavy atom. The summed E-state index contributed by atoms with van der Waals surface area (Å²) >= 11 is 3.11. The van der Waals surface area contributed by atoms with Crippen molar-refractivity contribution in [3.05, 3.63) is 63.9 Å². The molecule has 0 saturated heterocycles. The molecule has 0 heterocycles. The number of halogens is 2. The summed E-state index contributed by atoms with van der Waals surface area (Å²) < 4.78 is 13.6. The van der Waals surface area contributed by atoms with Crippen molar-refractivity contribution in [3.8, 4) is 0 Å². The van der Waals surface area contributed by atoms with Gasteiger partial charge in [0.25, 0.3) is 5.91 Å². The molecule has 0 spiro atoms. The topological polar surface area (TPSA) is 29.1 Å². The molecule has 20 heavy (non-hydrogen) atoms. The first-order valence-electron chi connectivity index (χ1n) is 6.35. The highest BCUT2D eigenvalue weighted by molar-refractivity contribution is 9.10. The minimum atomic E-state index is -0.449. The molecule has 2 aromatic rings. The van der Waals surface area contributed by atoms with Crippen molar-refractivity contribution in [1.29, 1.82) is 0 Å². The zero-order valence-electron chi connectivity index (χ0n) is 11.3. The Kier molecular flexibility index (Phi) is 4.55. The van der Waals surface area contributed by atoms with Crippen molar-refractivity contribution in [2.24, 2.45) is 0 Å². The highest BCUT2D eigenvalue weighted by Crippen LogP contribution is 2.26. The van der Waals surface area contributed by atoms with Gasteiger partial charge in [0.05, 0.1) is 10.0 Å². The highest BCUT2D eigenvalue weighted by atomic mass is 79.9. The molecule has 1 amide bonds. The number of carbonyl (C=O) groups is 1. The van der Waals surface area contributed by atoms with Crippen LogP contribution in [0.15, 0.2) is 46.9 Å². The van der Waals surface area contributed by atoms with Crippen LogP contribution in [0.5, 0.6) is 0 Å². The van der Waals surface area contributed by atoms with E-state index in [1.54, 1.807) is 6.07 Å². The van der Waals surface area contributed by atoms with Gasteiger partial charge in [-0.3, -0.25) is 4.79 Å². The maximum Gasteiger partial charge on any atom is 0.256 e. The fraction of sp³-hybridized carbons (Fsp3) is 0.188. The number of carbonyl (C=O) groups excluding carboxylic acids is 1. The van der Waals surface area contributed by atoms with Crippen LogP contribution < -0.4 is 5.32 Å². The lowest BCUT2D eigenvalue weighted by atomic mass is 10.0. The molecule has 0 aliphatic carbocycles. The third-order valence-electron chi connectivity index (χ3n) is 3.03. The second-order valence-corrected chi connectivity index (χ2v) is 5.59. The van der Waals surface area contributed by atoms with Crippen LogP contribution in [0, 0.1) is 5.82 Å².